The van der Waals surface area contributed by atoms with Crippen molar-refractivity contribution in [3.63, 3.8) is 0 Å². The Morgan fingerprint density at radius 3 is 2.44 bits per heavy atom. The summed E-state index contributed by atoms with van der Waals surface area (Å²) in [4.78, 5) is 18.8. The number of aryl methyl sites for hydroxylation is 3. The van der Waals surface area contributed by atoms with Crippen molar-refractivity contribution in [3.05, 3.63) is 58.9 Å². The Morgan fingerprint density at radius 2 is 1.74 bits per heavy atom. The topological polar surface area (TPSA) is 70.6 Å². The summed E-state index contributed by atoms with van der Waals surface area (Å²) >= 11 is 0. The van der Waals surface area contributed by atoms with E-state index in [0.29, 0.717) is 36.6 Å². The summed E-state index contributed by atoms with van der Waals surface area (Å²) in [5.74, 6) is -0.0999. The maximum Gasteiger partial charge on any atom is 0.255 e. The van der Waals surface area contributed by atoms with E-state index in [4.69, 9.17) is 0 Å². The van der Waals surface area contributed by atoms with E-state index in [1.807, 2.05) is 25.1 Å². The van der Waals surface area contributed by atoms with E-state index in [1.165, 1.54) is 9.87 Å². The number of nitrogens with zero attached hydrogens (tertiary/aromatic N) is 3. The second-order valence-electron chi connectivity index (χ2n) is 7.17. The molecule has 27 heavy (non-hydrogen) atoms. The van der Waals surface area contributed by atoms with Gasteiger partial charge in [-0.05, 0) is 61.6 Å². The lowest BCUT2D eigenvalue weighted by molar-refractivity contribution is 0.0697. The van der Waals surface area contributed by atoms with Crippen molar-refractivity contribution < 1.29 is 13.2 Å². The molecule has 0 radical (unpaired) electrons. The number of hydrogen-bond donors (Lipinski definition) is 0. The SMILES string of the molecule is Cc1ccc(C(=O)N2CCN(S(=O)(=O)c3ccc4c(c3)CCC4)CC2)cn1. The average molecular weight is 385 g/mol. The summed E-state index contributed by atoms with van der Waals surface area (Å²) in [5, 5.41) is 0. The molecule has 0 atom stereocenters. The van der Waals surface area contributed by atoms with Crippen LogP contribution in [0.5, 0.6) is 0 Å². The lowest BCUT2D eigenvalue weighted by Crippen LogP contribution is -2.50. The molecule has 1 fully saturated rings. The molecule has 0 unspecified atom stereocenters. The van der Waals surface area contributed by atoms with Gasteiger partial charge in [0.2, 0.25) is 10.0 Å². The number of carbonyl (C=O) groups is 1. The molecule has 2 aromatic rings. The molecule has 1 saturated heterocycles. The van der Waals surface area contributed by atoms with Crippen LogP contribution in [0.2, 0.25) is 0 Å². The zero-order valence-corrected chi connectivity index (χ0v) is 16.2. The predicted molar refractivity (Wildman–Crippen MR) is 102 cm³/mol. The first-order chi connectivity index (χ1) is 12.9. The summed E-state index contributed by atoms with van der Waals surface area (Å²) < 4.78 is 27.5. The summed E-state index contributed by atoms with van der Waals surface area (Å²) in [6, 6.07) is 9.06. The van der Waals surface area contributed by atoms with Crippen molar-refractivity contribution in [2.24, 2.45) is 0 Å². The molecule has 1 aliphatic heterocycles. The van der Waals surface area contributed by atoms with E-state index >= 15 is 0 Å². The molecule has 1 amide bonds. The largest absolute Gasteiger partial charge is 0.336 e. The van der Waals surface area contributed by atoms with Gasteiger partial charge in [-0.25, -0.2) is 8.42 Å². The van der Waals surface area contributed by atoms with Crippen LogP contribution < -0.4 is 0 Å². The summed E-state index contributed by atoms with van der Waals surface area (Å²) in [5.41, 5.74) is 3.81. The quantitative estimate of drug-likeness (QED) is 0.811. The Hall–Kier alpha value is -2.25. The maximum absolute atomic E-state index is 13.0. The third kappa shape index (κ3) is 3.49. The Kier molecular flexibility index (Phi) is 4.74. The van der Waals surface area contributed by atoms with Crippen molar-refractivity contribution in [1.82, 2.24) is 14.2 Å². The Labute approximate surface area is 159 Å². The standard InChI is InChI=1S/C20H23N3O3S/c1-15-5-6-18(14-21-15)20(24)22-9-11-23(12-10-22)27(25,26)19-8-7-16-3-2-4-17(16)13-19/h5-8,13-14H,2-4,9-12H2,1H3. The molecule has 1 aromatic heterocycles. The minimum Gasteiger partial charge on any atom is -0.336 e. The van der Waals surface area contributed by atoms with Crippen LogP contribution in [0.3, 0.4) is 0 Å². The van der Waals surface area contributed by atoms with Crippen LogP contribution in [0.1, 0.15) is 33.6 Å². The van der Waals surface area contributed by atoms with Crippen LogP contribution in [-0.2, 0) is 22.9 Å². The highest BCUT2D eigenvalue weighted by Gasteiger charge is 2.31. The number of benzene rings is 1. The Morgan fingerprint density at radius 1 is 1.00 bits per heavy atom. The molecule has 0 N–H and O–H groups in total. The highest BCUT2D eigenvalue weighted by atomic mass is 32.2. The van der Waals surface area contributed by atoms with Gasteiger partial charge in [0.05, 0.1) is 10.5 Å². The minimum atomic E-state index is -3.52. The van der Waals surface area contributed by atoms with E-state index < -0.39 is 10.0 Å². The fraction of sp³-hybridized carbons (Fsp3) is 0.400. The molecule has 1 aliphatic carbocycles. The first-order valence-electron chi connectivity index (χ1n) is 9.29. The zero-order chi connectivity index (χ0) is 19.0. The van der Waals surface area contributed by atoms with Gasteiger partial charge >= 0.3 is 0 Å². The van der Waals surface area contributed by atoms with Crippen LogP contribution in [0.4, 0.5) is 0 Å². The van der Waals surface area contributed by atoms with Gasteiger partial charge in [-0.3, -0.25) is 9.78 Å². The van der Waals surface area contributed by atoms with Crippen molar-refractivity contribution >= 4 is 15.9 Å². The average Bonchev–Trinajstić information content (AvgIpc) is 3.16. The number of aromatic nitrogens is 1. The Bertz CT molecular complexity index is 962. The van der Waals surface area contributed by atoms with Crippen molar-refractivity contribution in [3.8, 4) is 0 Å². The Balaban J connectivity index is 1.45. The van der Waals surface area contributed by atoms with Crippen molar-refractivity contribution in [1.29, 1.82) is 0 Å². The molecule has 0 spiro atoms. The van der Waals surface area contributed by atoms with Crippen LogP contribution in [0, 0.1) is 6.92 Å². The highest BCUT2D eigenvalue weighted by Crippen LogP contribution is 2.26. The molecule has 7 heteroatoms. The van der Waals surface area contributed by atoms with Gasteiger partial charge in [0, 0.05) is 38.1 Å². The number of piperazine rings is 1. The van der Waals surface area contributed by atoms with Crippen LogP contribution >= 0.6 is 0 Å². The number of rotatable bonds is 3. The number of carbonyl (C=O) groups excluding carboxylic acids is 1. The molecule has 0 saturated carbocycles. The molecular formula is C20H23N3O3S. The first-order valence-corrected chi connectivity index (χ1v) is 10.7. The lowest BCUT2D eigenvalue weighted by Gasteiger charge is -2.34. The number of sulfonamides is 1. The molecule has 1 aromatic carbocycles. The van der Waals surface area contributed by atoms with Gasteiger partial charge in [-0.1, -0.05) is 6.07 Å². The zero-order valence-electron chi connectivity index (χ0n) is 15.4. The maximum atomic E-state index is 13.0. The van der Waals surface area contributed by atoms with Crippen LogP contribution in [-0.4, -0.2) is 54.7 Å². The van der Waals surface area contributed by atoms with Crippen molar-refractivity contribution in [2.45, 2.75) is 31.1 Å². The number of amides is 1. The minimum absolute atomic E-state index is 0.0999. The fourth-order valence-corrected chi connectivity index (χ4v) is 5.24. The third-order valence-corrected chi connectivity index (χ3v) is 7.29. The number of fused-ring (bicyclic) bond motifs is 1. The van der Waals surface area contributed by atoms with Gasteiger partial charge in [0.1, 0.15) is 0 Å². The highest BCUT2D eigenvalue weighted by molar-refractivity contribution is 7.89. The molecule has 2 heterocycles. The molecule has 6 nitrogen and oxygen atoms in total. The third-order valence-electron chi connectivity index (χ3n) is 5.39. The number of pyridine rings is 1. The van der Waals surface area contributed by atoms with Gasteiger partial charge < -0.3 is 4.90 Å². The van der Waals surface area contributed by atoms with E-state index in [-0.39, 0.29) is 5.91 Å². The van der Waals surface area contributed by atoms with Gasteiger partial charge in [-0.15, -0.1) is 0 Å². The molecule has 0 bridgehead atoms. The van der Waals surface area contributed by atoms with Crippen LogP contribution in [0.15, 0.2) is 41.4 Å². The van der Waals surface area contributed by atoms with Crippen LogP contribution in [0.25, 0.3) is 0 Å². The van der Waals surface area contributed by atoms with Crippen molar-refractivity contribution in [2.75, 3.05) is 26.2 Å². The predicted octanol–water partition coefficient (Wildman–Crippen LogP) is 2.03. The summed E-state index contributed by atoms with van der Waals surface area (Å²) in [6.45, 7) is 3.26. The molecule has 142 valence electrons. The second-order valence-corrected chi connectivity index (χ2v) is 9.11. The van der Waals surface area contributed by atoms with Gasteiger partial charge in [-0.2, -0.15) is 4.31 Å². The van der Waals surface area contributed by atoms with E-state index in [2.05, 4.69) is 4.98 Å². The molecule has 4 rings (SSSR count). The van der Waals surface area contributed by atoms with Gasteiger partial charge in [0.25, 0.3) is 5.91 Å². The monoisotopic (exact) mass is 385 g/mol. The van der Waals surface area contributed by atoms with E-state index in [0.717, 1.165) is 30.5 Å². The molecule has 2 aliphatic rings. The van der Waals surface area contributed by atoms with Gasteiger partial charge in [0.15, 0.2) is 0 Å². The normalized spacial score (nSPS) is 17.7. The number of hydrogen-bond acceptors (Lipinski definition) is 4. The first kappa shape index (κ1) is 18.1. The van der Waals surface area contributed by atoms with E-state index in [1.54, 1.807) is 23.2 Å². The fourth-order valence-electron chi connectivity index (χ4n) is 3.77. The second kappa shape index (κ2) is 7.05. The van der Waals surface area contributed by atoms with E-state index in [9.17, 15) is 13.2 Å². The lowest BCUT2D eigenvalue weighted by atomic mass is 10.1. The summed E-state index contributed by atoms with van der Waals surface area (Å²) in [6.07, 6.45) is 4.65. The summed E-state index contributed by atoms with van der Waals surface area (Å²) in [7, 11) is -3.52. The smallest absolute Gasteiger partial charge is 0.255 e. The molecular weight excluding hydrogens is 362 g/mol.